The van der Waals surface area contributed by atoms with Crippen LogP contribution in [0.15, 0.2) is 72.8 Å². The molecule has 0 unspecified atom stereocenters. The van der Waals surface area contributed by atoms with Gasteiger partial charge in [-0.25, -0.2) is 13.8 Å². The van der Waals surface area contributed by atoms with Gasteiger partial charge in [0.2, 0.25) is 5.88 Å². The van der Waals surface area contributed by atoms with E-state index in [0.29, 0.717) is 17.0 Å². The number of nitrogens with zero attached hydrogens (tertiary/aromatic N) is 1. The van der Waals surface area contributed by atoms with Crippen molar-refractivity contribution in [1.29, 1.82) is 0 Å². The van der Waals surface area contributed by atoms with Gasteiger partial charge < -0.3 is 4.74 Å². The fraction of sp³-hybridized carbons (Fsp3) is 0.0455. The van der Waals surface area contributed by atoms with Crippen molar-refractivity contribution >= 4 is 10.9 Å². The molecule has 0 amide bonds. The number of alkyl halides is 3. The highest BCUT2D eigenvalue weighted by Crippen LogP contribution is 2.38. The second kappa shape index (κ2) is 7.16. The SMILES string of the molecule is Fc1ccc(Oc2nc3ccccc3cc2-c2cccc(C(F)(F)F)c2)c(F)c1. The van der Waals surface area contributed by atoms with Crippen molar-refractivity contribution in [2.45, 2.75) is 6.18 Å². The highest BCUT2D eigenvalue weighted by Gasteiger charge is 2.30. The molecule has 4 aromatic rings. The van der Waals surface area contributed by atoms with Crippen LogP contribution in [-0.4, -0.2) is 4.98 Å². The van der Waals surface area contributed by atoms with Crippen LogP contribution in [0.25, 0.3) is 22.0 Å². The molecule has 7 heteroatoms. The Kier molecular flexibility index (Phi) is 4.66. The van der Waals surface area contributed by atoms with E-state index in [1.165, 1.54) is 12.1 Å². The van der Waals surface area contributed by atoms with Gasteiger partial charge in [-0.3, -0.25) is 0 Å². The number of rotatable bonds is 3. The Morgan fingerprint density at radius 3 is 2.34 bits per heavy atom. The number of hydrogen-bond donors (Lipinski definition) is 0. The molecule has 0 spiro atoms. The molecule has 146 valence electrons. The molecule has 0 N–H and O–H groups in total. The van der Waals surface area contributed by atoms with Crippen LogP contribution in [0, 0.1) is 11.6 Å². The summed E-state index contributed by atoms with van der Waals surface area (Å²) in [5.41, 5.74) is 0.136. The van der Waals surface area contributed by atoms with E-state index in [2.05, 4.69) is 4.98 Å². The number of benzene rings is 3. The van der Waals surface area contributed by atoms with Gasteiger partial charge in [0.1, 0.15) is 5.82 Å². The smallest absolute Gasteiger partial charge is 0.416 e. The first-order valence-electron chi connectivity index (χ1n) is 8.51. The van der Waals surface area contributed by atoms with E-state index in [0.717, 1.165) is 24.3 Å². The summed E-state index contributed by atoms with van der Waals surface area (Å²) in [6, 6.07) is 16.0. The zero-order valence-electron chi connectivity index (χ0n) is 14.7. The zero-order chi connectivity index (χ0) is 20.6. The molecule has 0 radical (unpaired) electrons. The number of pyridine rings is 1. The largest absolute Gasteiger partial charge is 0.435 e. The van der Waals surface area contributed by atoms with Crippen LogP contribution in [0.3, 0.4) is 0 Å². The highest BCUT2D eigenvalue weighted by molar-refractivity contribution is 5.86. The summed E-state index contributed by atoms with van der Waals surface area (Å²) in [7, 11) is 0. The summed E-state index contributed by atoms with van der Waals surface area (Å²) in [5, 5.41) is 0.673. The minimum atomic E-state index is -4.52. The lowest BCUT2D eigenvalue weighted by Gasteiger charge is -2.14. The second-order valence-electron chi connectivity index (χ2n) is 6.29. The molecule has 3 aromatic carbocycles. The fourth-order valence-electron chi connectivity index (χ4n) is 2.91. The fourth-order valence-corrected chi connectivity index (χ4v) is 2.91. The Morgan fingerprint density at radius 2 is 1.59 bits per heavy atom. The van der Waals surface area contributed by atoms with Gasteiger partial charge in [-0.2, -0.15) is 13.2 Å². The molecule has 1 aromatic heterocycles. The number of fused-ring (bicyclic) bond motifs is 1. The predicted molar refractivity (Wildman–Crippen MR) is 98.6 cm³/mol. The Labute approximate surface area is 162 Å². The third-order valence-electron chi connectivity index (χ3n) is 4.29. The van der Waals surface area contributed by atoms with E-state index < -0.39 is 23.4 Å². The van der Waals surface area contributed by atoms with Crippen molar-refractivity contribution < 1.29 is 26.7 Å². The van der Waals surface area contributed by atoms with E-state index >= 15 is 0 Å². The van der Waals surface area contributed by atoms with E-state index in [4.69, 9.17) is 4.74 Å². The first-order chi connectivity index (χ1) is 13.8. The van der Waals surface area contributed by atoms with Crippen molar-refractivity contribution in [1.82, 2.24) is 4.98 Å². The number of aromatic nitrogens is 1. The first kappa shape index (κ1) is 18.9. The molecule has 0 saturated heterocycles. The molecule has 0 bridgehead atoms. The molecule has 0 fully saturated rings. The minimum absolute atomic E-state index is 0.0893. The van der Waals surface area contributed by atoms with Gasteiger partial charge in [-0.1, -0.05) is 30.3 Å². The van der Waals surface area contributed by atoms with Crippen LogP contribution in [-0.2, 0) is 6.18 Å². The molecule has 0 aliphatic heterocycles. The normalized spacial score (nSPS) is 11.6. The zero-order valence-corrected chi connectivity index (χ0v) is 14.7. The maximum atomic E-state index is 14.1. The Bertz CT molecular complexity index is 1200. The number of hydrogen-bond acceptors (Lipinski definition) is 2. The average Bonchev–Trinajstić information content (AvgIpc) is 2.69. The summed E-state index contributed by atoms with van der Waals surface area (Å²) in [5.74, 6) is -2.11. The van der Waals surface area contributed by atoms with Crippen LogP contribution in [0.1, 0.15) is 5.56 Å². The van der Waals surface area contributed by atoms with Crippen molar-refractivity contribution in [3.63, 3.8) is 0 Å². The highest BCUT2D eigenvalue weighted by atomic mass is 19.4. The monoisotopic (exact) mass is 401 g/mol. The first-order valence-corrected chi connectivity index (χ1v) is 8.51. The summed E-state index contributed by atoms with van der Waals surface area (Å²) >= 11 is 0. The van der Waals surface area contributed by atoms with Gasteiger partial charge in [0.05, 0.1) is 11.1 Å². The second-order valence-corrected chi connectivity index (χ2v) is 6.29. The van der Waals surface area contributed by atoms with Gasteiger partial charge in [-0.15, -0.1) is 0 Å². The maximum absolute atomic E-state index is 14.1. The lowest BCUT2D eigenvalue weighted by atomic mass is 10.0. The molecule has 1 heterocycles. The minimum Gasteiger partial charge on any atom is -0.435 e. The predicted octanol–water partition coefficient (Wildman–Crippen LogP) is 6.99. The number of ether oxygens (including phenoxy) is 1. The van der Waals surface area contributed by atoms with Crippen LogP contribution in [0.5, 0.6) is 11.6 Å². The molecule has 29 heavy (non-hydrogen) atoms. The molecule has 0 aliphatic carbocycles. The van der Waals surface area contributed by atoms with E-state index in [1.54, 1.807) is 30.3 Å². The third-order valence-corrected chi connectivity index (χ3v) is 4.29. The van der Waals surface area contributed by atoms with Crippen LogP contribution in [0.2, 0.25) is 0 Å². The topological polar surface area (TPSA) is 22.1 Å². The van der Waals surface area contributed by atoms with Gasteiger partial charge in [0.15, 0.2) is 11.6 Å². The Balaban J connectivity index is 1.89. The van der Waals surface area contributed by atoms with Gasteiger partial charge in [0.25, 0.3) is 0 Å². The quantitative estimate of drug-likeness (QED) is 0.345. The van der Waals surface area contributed by atoms with Gasteiger partial charge >= 0.3 is 6.18 Å². The molecule has 0 aliphatic rings. The summed E-state index contributed by atoms with van der Waals surface area (Å²) in [6.07, 6.45) is -4.52. The summed E-state index contributed by atoms with van der Waals surface area (Å²) < 4.78 is 72.2. The van der Waals surface area contributed by atoms with E-state index in [1.807, 2.05) is 0 Å². The summed E-state index contributed by atoms with van der Waals surface area (Å²) in [6.45, 7) is 0. The van der Waals surface area contributed by atoms with Crippen molar-refractivity contribution in [3.05, 3.63) is 90.0 Å². The lowest BCUT2D eigenvalue weighted by molar-refractivity contribution is -0.137. The molecule has 0 atom stereocenters. The number of para-hydroxylation sites is 1. The molecule has 0 saturated carbocycles. The Hall–Kier alpha value is -3.48. The standard InChI is InChI=1S/C22H12F5NO/c23-16-8-9-20(18(24)12-16)29-21-17(11-14-4-1-2-7-19(14)28-21)13-5-3-6-15(10-13)22(25,26)27/h1-12H. The Morgan fingerprint density at radius 1 is 0.793 bits per heavy atom. The lowest BCUT2D eigenvalue weighted by Crippen LogP contribution is -2.04. The molecule has 2 nitrogen and oxygen atoms in total. The van der Waals surface area contributed by atoms with E-state index in [-0.39, 0.29) is 22.8 Å². The third kappa shape index (κ3) is 3.89. The van der Waals surface area contributed by atoms with Crippen molar-refractivity contribution in [2.24, 2.45) is 0 Å². The maximum Gasteiger partial charge on any atom is 0.416 e. The van der Waals surface area contributed by atoms with Crippen molar-refractivity contribution in [2.75, 3.05) is 0 Å². The van der Waals surface area contributed by atoms with Crippen LogP contribution >= 0.6 is 0 Å². The average molecular weight is 401 g/mol. The van der Waals surface area contributed by atoms with Crippen molar-refractivity contribution in [3.8, 4) is 22.8 Å². The van der Waals surface area contributed by atoms with Crippen LogP contribution < -0.4 is 4.74 Å². The van der Waals surface area contributed by atoms with E-state index in [9.17, 15) is 22.0 Å². The number of halogens is 5. The van der Waals surface area contributed by atoms with Gasteiger partial charge in [0, 0.05) is 17.0 Å². The van der Waals surface area contributed by atoms with Gasteiger partial charge in [-0.05, 0) is 42.0 Å². The molecule has 4 rings (SSSR count). The van der Waals surface area contributed by atoms with Crippen LogP contribution in [0.4, 0.5) is 22.0 Å². The molecular weight excluding hydrogens is 389 g/mol. The summed E-state index contributed by atoms with van der Waals surface area (Å²) in [4.78, 5) is 4.34. The molecular formula is C22H12F5NO.